The summed E-state index contributed by atoms with van der Waals surface area (Å²) >= 11 is 0.961. The van der Waals surface area contributed by atoms with E-state index in [-0.39, 0.29) is 27.9 Å². The molecule has 0 saturated carbocycles. The Balaban J connectivity index is 1.87. The number of ether oxygens (including phenoxy) is 3. The molecule has 0 aliphatic carbocycles. The van der Waals surface area contributed by atoms with Crippen LogP contribution in [0.4, 0.5) is 5.13 Å². The van der Waals surface area contributed by atoms with Crippen molar-refractivity contribution in [3.8, 4) is 11.5 Å². The smallest absolute Gasteiger partial charge is 0.350 e. The fraction of sp³-hybridized carbons (Fsp3) is 0.375. The van der Waals surface area contributed by atoms with Crippen molar-refractivity contribution in [3.05, 3.63) is 75.3 Å². The van der Waals surface area contributed by atoms with Gasteiger partial charge in [0.05, 0.1) is 37.1 Å². The van der Waals surface area contributed by atoms with Gasteiger partial charge in [0.2, 0.25) is 0 Å². The number of ketones is 1. The van der Waals surface area contributed by atoms with Crippen LogP contribution in [-0.4, -0.2) is 47.6 Å². The molecular formula is C32H36N2O7S. The van der Waals surface area contributed by atoms with E-state index in [0.717, 1.165) is 36.2 Å². The zero-order valence-electron chi connectivity index (χ0n) is 24.6. The minimum Gasteiger partial charge on any atom is -0.507 e. The number of aromatic nitrogens is 1. The molecule has 1 N–H and O–H groups in total. The summed E-state index contributed by atoms with van der Waals surface area (Å²) in [5.74, 6) is -1.60. The normalized spacial score (nSPS) is 16.1. The van der Waals surface area contributed by atoms with E-state index in [1.807, 2.05) is 26.0 Å². The van der Waals surface area contributed by atoms with Gasteiger partial charge in [-0.1, -0.05) is 67.0 Å². The molecule has 0 bridgehead atoms. The van der Waals surface area contributed by atoms with Crippen molar-refractivity contribution in [1.29, 1.82) is 0 Å². The van der Waals surface area contributed by atoms with Crippen molar-refractivity contribution in [1.82, 2.24) is 4.98 Å². The van der Waals surface area contributed by atoms with Crippen molar-refractivity contribution < 1.29 is 33.7 Å². The Kier molecular flexibility index (Phi) is 10.0. The van der Waals surface area contributed by atoms with Crippen molar-refractivity contribution in [2.75, 3.05) is 24.7 Å². The third kappa shape index (κ3) is 6.33. The van der Waals surface area contributed by atoms with Crippen LogP contribution in [-0.2, 0) is 14.3 Å². The molecule has 1 atom stereocenters. The molecule has 1 aliphatic rings. The molecular weight excluding hydrogens is 556 g/mol. The lowest BCUT2D eigenvalue weighted by molar-refractivity contribution is -0.132. The Morgan fingerprint density at radius 2 is 1.71 bits per heavy atom. The molecule has 1 aromatic heterocycles. The minimum atomic E-state index is -1.04. The first-order valence-corrected chi connectivity index (χ1v) is 14.9. The second-order valence-corrected chi connectivity index (χ2v) is 10.8. The van der Waals surface area contributed by atoms with Crippen LogP contribution >= 0.6 is 11.3 Å². The molecule has 9 nitrogen and oxygen atoms in total. The standard InChI is InChI=1S/C32H36N2O7S/c1-6-9-10-17-41-23-16-15-22(18-24(23)39-7-2)26-25(27(35)21-13-11-19(4)12-14-21)28(36)30(37)34(26)32-33-20(5)29(42-32)31(38)40-8-3/h11-16,18,26,35H,6-10,17H2,1-5H3. The molecule has 10 heteroatoms. The van der Waals surface area contributed by atoms with E-state index in [1.165, 1.54) is 4.90 Å². The number of hydrogen-bond donors (Lipinski definition) is 1. The van der Waals surface area contributed by atoms with Gasteiger partial charge >= 0.3 is 11.9 Å². The summed E-state index contributed by atoms with van der Waals surface area (Å²) in [6, 6.07) is 11.2. The highest BCUT2D eigenvalue weighted by molar-refractivity contribution is 7.17. The Morgan fingerprint density at radius 3 is 2.38 bits per heavy atom. The Hall–Kier alpha value is -4.18. The van der Waals surface area contributed by atoms with Gasteiger partial charge in [0.15, 0.2) is 16.6 Å². The average Bonchev–Trinajstić information content (AvgIpc) is 3.48. The summed E-state index contributed by atoms with van der Waals surface area (Å²) in [5, 5.41) is 11.6. The number of rotatable bonds is 12. The molecule has 1 amide bonds. The predicted molar refractivity (Wildman–Crippen MR) is 161 cm³/mol. The van der Waals surface area contributed by atoms with Crippen molar-refractivity contribution in [3.63, 3.8) is 0 Å². The summed E-state index contributed by atoms with van der Waals surface area (Å²) in [6.45, 7) is 10.3. The number of benzene rings is 2. The van der Waals surface area contributed by atoms with Crippen molar-refractivity contribution in [2.24, 2.45) is 0 Å². The first-order valence-electron chi connectivity index (χ1n) is 14.1. The van der Waals surface area contributed by atoms with E-state index < -0.39 is 23.7 Å². The van der Waals surface area contributed by atoms with Crippen LogP contribution < -0.4 is 14.4 Å². The molecule has 0 spiro atoms. The number of nitrogens with zero attached hydrogens (tertiary/aromatic N) is 2. The maximum Gasteiger partial charge on any atom is 0.350 e. The second-order valence-electron chi connectivity index (χ2n) is 9.86. The van der Waals surface area contributed by atoms with Crippen molar-refractivity contribution >= 4 is 39.9 Å². The lowest BCUT2D eigenvalue weighted by Crippen LogP contribution is -2.29. The van der Waals surface area contributed by atoms with Crippen LogP contribution in [0, 0.1) is 13.8 Å². The number of hydrogen-bond acceptors (Lipinski definition) is 9. The molecule has 42 heavy (non-hydrogen) atoms. The summed E-state index contributed by atoms with van der Waals surface area (Å²) < 4.78 is 17.0. The Morgan fingerprint density at radius 1 is 0.976 bits per heavy atom. The maximum atomic E-state index is 13.6. The molecule has 2 aromatic carbocycles. The highest BCUT2D eigenvalue weighted by Crippen LogP contribution is 2.45. The van der Waals surface area contributed by atoms with Crippen molar-refractivity contribution in [2.45, 2.75) is 59.9 Å². The van der Waals surface area contributed by atoms with E-state index in [0.29, 0.717) is 41.5 Å². The SMILES string of the molecule is CCCCCOc1ccc(C2C(=C(O)c3ccc(C)cc3)C(=O)C(=O)N2c2nc(C)c(C(=O)OCC)s2)cc1OCC. The van der Waals surface area contributed by atoms with E-state index in [1.54, 1.807) is 44.2 Å². The van der Waals surface area contributed by atoms with Gasteiger partial charge in [0, 0.05) is 5.56 Å². The molecule has 2 heterocycles. The zero-order valence-corrected chi connectivity index (χ0v) is 25.4. The molecule has 4 rings (SSSR count). The molecule has 222 valence electrons. The van der Waals surface area contributed by atoms with Gasteiger partial charge in [-0.05, 0) is 51.8 Å². The van der Waals surface area contributed by atoms with Gasteiger partial charge in [0.1, 0.15) is 10.6 Å². The molecule has 1 fully saturated rings. The van der Waals surface area contributed by atoms with Crippen LogP contribution in [0.5, 0.6) is 11.5 Å². The highest BCUT2D eigenvalue weighted by Gasteiger charge is 2.48. The van der Waals surface area contributed by atoms with Gasteiger partial charge in [-0.15, -0.1) is 0 Å². The van der Waals surface area contributed by atoms with Gasteiger partial charge in [-0.25, -0.2) is 9.78 Å². The topological polar surface area (TPSA) is 115 Å². The first kappa shape index (κ1) is 30.8. The van der Waals surface area contributed by atoms with E-state index in [4.69, 9.17) is 14.2 Å². The third-order valence-electron chi connectivity index (χ3n) is 6.81. The number of carbonyl (C=O) groups is 3. The summed E-state index contributed by atoms with van der Waals surface area (Å²) in [6.07, 6.45) is 3.00. The minimum absolute atomic E-state index is 0.0894. The maximum absolute atomic E-state index is 13.6. The average molecular weight is 593 g/mol. The van der Waals surface area contributed by atoms with Crippen LogP contribution in [0.1, 0.15) is 78.1 Å². The lowest BCUT2D eigenvalue weighted by Gasteiger charge is -2.24. The number of aryl methyl sites for hydroxylation is 2. The van der Waals surface area contributed by atoms with E-state index >= 15 is 0 Å². The van der Waals surface area contributed by atoms with Crippen LogP contribution in [0.2, 0.25) is 0 Å². The quantitative estimate of drug-likeness (QED) is 0.0830. The summed E-state index contributed by atoms with van der Waals surface area (Å²) in [7, 11) is 0. The molecule has 3 aromatic rings. The number of amides is 1. The fourth-order valence-corrected chi connectivity index (χ4v) is 5.69. The molecule has 1 saturated heterocycles. The third-order valence-corrected chi connectivity index (χ3v) is 7.95. The number of esters is 1. The molecule has 1 aliphatic heterocycles. The number of Topliss-reactive ketones (excluding diaryl/α,β-unsaturated/α-hetero) is 1. The highest BCUT2D eigenvalue weighted by atomic mass is 32.1. The number of anilines is 1. The zero-order chi connectivity index (χ0) is 30.4. The van der Waals surface area contributed by atoms with Gasteiger partial charge in [-0.3, -0.25) is 14.5 Å². The number of carbonyl (C=O) groups excluding carboxylic acids is 3. The van der Waals surface area contributed by atoms with Gasteiger partial charge in [0.25, 0.3) is 5.78 Å². The Bertz CT molecular complexity index is 1490. The Labute approximate surface area is 249 Å². The summed E-state index contributed by atoms with van der Waals surface area (Å²) in [5.41, 5.74) is 2.17. The molecule has 0 radical (unpaired) electrons. The first-order chi connectivity index (χ1) is 20.2. The lowest BCUT2D eigenvalue weighted by atomic mass is 9.95. The van der Waals surface area contributed by atoms with Crippen LogP contribution in [0.15, 0.2) is 48.0 Å². The number of thiazole rings is 1. The monoisotopic (exact) mass is 592 g/mol. The second kappa shape index (κ2) is 13.7. The number of unbranched alkanes of at least 4 members (excludes halogenated alkanes) is 2. The summed E-state index contributed by atoms with van der Waals surface area (Å²) in [4.78, 5) is 45.7. The van der Waals surface area contributed by atoms with Crippen LogP contribution in [0.25, 0.3) is 5.76 Å². The van der Waals surface area contributed by atoms with E-state index in [9.17, 15) is 19.5 Å². The van der Waals surface area contributed by atoms with Gasteiger partial charge < -0.3 is 19.3 Å². The largest absolute Gasteiger partial charge is 0.507 e. The van der Waals surface area contributed by atoms with Gasteiger partial charge in [-0.2, -0.15) is 0 Å². The van der Waals surface area contributed by atoms with E-state index in [2.05, 4.69) is 11.9 Å². The van der Waals surface area contributed by atoms with Crippen LogP contribution in [0.3, 0.4) is 0 Å². The number of aliphatic hydroxyl groups excluding tert-OH is 1. The fourth-order valence-electron chi connectivity index (χ4n) is 4.70. The number of aliphatic hydroxyl groups is 1. The predicted octanol–water partition coefficient (Wildman–Crippen LogP) is 6.53. The molecule has 1 unspecified atom stereocenters.